The highest BCUT2D eigenvalue weighted by atomic mass is 15.2. The fraction of sp³-hybridized carbons (Fsp3) is 0.600. The smallest absolute Gasteiger partial charge is 0.152 e. The molecule has 0 aliphatic rings. The minimum absolute atomic E-state index is 0.424. The molecule has 3 N–H and O–H groups in total. The predicted molar refractivity (Wildman–Crippen MR) is 83.0 cm³/mol. The number of hydrogen-bond acceptors (Lipinski definition) is 4. The molecule has 0 spiro atoms. The first-order chi connectivity index (χ1) is 9.61. The van der Waals surface area contributed by atoms with Crippen LogP contribution < -0.4 is 11.1 Å². The second-order valence-electron chi connectivity index (χ2n) is 5.74. The van der Waals surface area contributed by atoms with Crippen molar-refractivity contribution < 1.29 is 0 Å². The molecular formula is C15H25N5. The van der Waals surface area contributed by atoms with Crippen molar-refractivity contribution >= 4 is 11.3 Å². The number of aromatic nitrogens is 3. The van der Waals surface area contributed by atoms with Gasteiger partial charge < -0.3 is 11.1 Å². The van der Waals surface area contributed by atoms with Gasteiger partial charge in [0.15, 0.2) is 5.82 Å². The molecule has 1 unspecified atom stereocenters. The van der Waals surface area contributed by atoms with Gasteiger partial charge in [-0.1, -0.05) is 20.8 Å². The van der Waals surface area contributed by atoms with E-state index < -0.39 is 0 Å². The van der Waals surface area contributed by atoms with Crippen molar-refractivity contribution in [1.29, 1.82) is 0 Å². The average molecular weight is 275 g/mol. The quantitative estimate of drug-likeness (QED) is 0.762. The zero-order valence-corrected chi connectivity index (χ0v) is 12.6. The summed E-state index contributed by atoms with van der Waals surface area (Å²) in [5, 5.41) is 7.97. The number of nitrogens with one attached hydrogen (secondary N) is 1. The number of rotatable bonds is 7. The van der Waals surface area contributed by atoms with Crippen LogP contribution in [0.15, 0.2) is 18.5 Å². The highest BCUT2D eigenvalue weighted by molar-refractivity contribution is 5.67. The first-order valence-electron chi connectivity index (χ1n) is 7.40. The Bertz CT molecular complexity index is 546. The predicted octanol–water partition coefficient (Wildman–Crippen LogP) is 2.64. The number of anilines is 1. The molecule has 2 heterocycles. The van der Waals surface area contributed by atoms with Gasteiger partial charge in [0.2, 0.25) is 0 Å². The second-order valence-corrected chi connectivity index (χ2v) is 5.74. The van der Waals surface area contributed by atoms with E-state index >= 15 is 0 Å². The first-order valence-corrected chi connectivity index (χ1v) is 7.40. The van der Waals surface area contributed by atoms with Gasteiger partial charge in [-0.05, 0) is 37.3 Å². The number of hydrogen-bond donors (Lipinski definition) is 2. The molecule has 0 fully saturated rings. The Morgan fingerprint density at radius 3 is 2.85 bits per heavy atom. The van der Waals surface area contributed by atoms with Gasteiger partial charge in [0.25, 0.3) is 0 Å². The molecular weight excluding hydrogens is 250 g/mol. The maximum absolute atomic E-state index is 5.63. The van der Waals surface area contributed by atoms with Crippen LogP contribution in [0.2, 0.25) is 0 Å². The monoisotopic (exact) mass is 275 g/mol. The zero-order chi connectivity index (χ0) is 14.5. The van der Waals surface area contributed by atoms with Gasteiger partial charge in [-0.3, -0.25) is 0 Å². The molecule has 0 aromatic carbocycles. The second kappa shape index (κ2) is 6.70. The van der Waals surface area contributed by atoms with Gasteiger partial charge in [0.1, 0.15) is 5.52 Å². The summed E-state index contributed by atoms with van der Waals surface area (Å²) in [6.07, 6.45) is 5.92. The van der Waals surface area contributed by atoms with Gasteiger partial charge in [-0.2, -0.15) is 5.10 Å². The van der Waals surface area contributed by atoms with Crippen LogP contribution in [0.3, 0.4) is 0 Å². The highest BCUT2D eigenvalue weighted by Crippen LogP contribution is 2.19. The molecule has 2 aromatic rings. The fourth-order valence-corrected chi connectivity index (χ4v) is 2.13. The summed E-state index contributed by atoms with van der Waals surface area (Å²) >= 11 is 0. The molecule has 0 saturated heterocycles. The van der Waals surface area contributed by atoms with Gasteiger partial charge >= 0.3 is 0 Å². The van der Waals surface area contributed by atoms with Crippen molar-refractivity contribution in [3.8, 4) is 0 Å². The first kappa shape index (κ1) is 14.8. The minimum Gasteiger partial charge on any atom is -0.368 e. The lowest BCUT2D eigenvalue weighted by Gasteiger charge is -2.09. The molecule has 2 aromatic heterocycles. The molecule has 0 amide bonds. The topological polar surface area (TPSA) is 68.2 Å². The Kier molecular flexibility index (Phi) is 4.95. The van der Waals surface area contributed by atoms with E-state index in [1.165, 1.54) is 0 Å². The fourth-order valence-electron chi connectivity index (χ4n) is 2.13. The van der Waals surface area contributed by atoms with Crippen LogP contribution in [0.25, 0.3) is 5.52 Å². The Balaban J connectivity index is 2.02. The Morgan fingerprint density at radius 2 is 2.15 bits per heavy atom. The highest BCUT2D eigenvalue weighted by Gasteiger charge is 2.09. The van der Waals surface area contributed by atoms with E-state index in [1.54, 1.807) is 6.20 Å². The molecule has 110 valence electrons. The largest absolute Gasteiger partial charge is 0.368 e. The van der Waals surface area contributed by atoms with E-state index in [1.807, 2.05) is 10.7 Å². The van der Waals surface area contributed by atoms with Crippen molar-refractivity contribution in [2.45, 2.75) is 39.5 Å². The maximum atomic E-state index is 5.63. The SMILES string of the molecule is CC(CN)CCCNc1nccn2nc(C(C)C)cc12. The maximum Gasteiger partial charge on any atom is 0.152 e. The molecule has 0 saturated carbocycles. The Labute approximate surface area is 120 Å². The molecule has 20 heavy (non-hydrogen) atoms. The van der Waals surface area contributed by atoms with Crippen LogP contribution in [-0.4, -0.2) is 27.7 Å². The number of nitrogens with zero attached hydrogens (tertiary/aromatic N) is 3. The van der Waals surface area contributed by atoms with Crippen LogP contribution in [0.5, 0.6) is 0 Å². The Morgan fingerprint density at radius 1 is 1.35 bits per heavy atom. The van der Waals surface area contributed by atoms with Crippen LogP contribution >= 0.6 is 0 Å². The molecule has 5 nitrogen and oxygen atoms in total. The van der Waals surface area contributed by atoms with Crippen LogP contribution in [0.1, 0.15) is 45.2 Å². The average Bonchev–Trinajstić information content (AvgIpc) is 2.88. The molecule has 0 aliphatic carbocycles. The normalized spacial score (nSPS) is 13.1. The lowest BCUT2D eigenvalue weighted by Crippen LogP contribution is -2.12. The number of fused-ring (bicyclic) bond motifs is 1. The van der Waals surface area contributed by atoms with Crippen LogP contribution in [0, 0.1) is 5.92 Å². The van der Waals surface area contributed by atoms with Crippen molar-refractivity contribution in [1.82, 2.24) is 14.6 Å². The summed E-state index contributed by atoms with van der Waals surface area (Å²) in [6, 6.07) is 2.11. The summed E-state index contributed by atoms with van der Waals surface area (Å²) in [5.74, 6) is 1.92. The molecule has 0 aliphatic heterocycles. The lowest BCUT2D eigenvalue weighted by molar-refractivity contribution is 0.529. The summed E-state index contributed by atoms with van der Waals surface area (Å²) in [5.41, 5.74) is 7.77. The number of nitrogens with two attached hydrogens (primary N) is 1. The molecule has 1 atom stereocenters. The Hall–Kier alpha value is -1.62. The van der Waals surface area contributed by atoms with Gasteiger partial charge in [0.05, 0.1) is 5.69 Å². The third kappa shape index (κ3) is 3.48. The molecule has 2 rings (SSSR count). The summed E-state index contributed by atoms with van der Waals surface area (Å²) in [7, 11) is 0. The van der Waals surface area contributed by atoms with Gasteiger partial charge in [-0.25, -0.2) is 9.50 Å². The lowest BCUT2D eigenvalue weighted by atomic mass is 10.1. The van der Waals surface area contributed by atoms with E-state index in [0.717, 1.165) is 43.0 Å². The van der Waals surface area contributed by atoms with E-state index in [4.69, 9.17) is 5.73 Å². The standard InChI is InChI=1S/C15H25N5/c1-11(2)13-9-14-15(18-7-8-20(14)19-13)17-6-4-5-12(3)10-16/h7-9,11-12H,4-6,10,16H2,1-3H3,(H,17,18). The van der Waals surface area contributed by atoms with E-state index in [2.05, 4.69) is 42.2 Å². The third-order valence-corrected chi connectivity index (χ3v) is 3.57. The molecule has 0 bridgehead atoms. The molecule has 5 heteroatoms. The minimum atomic E-state index is 0.424. The van der Waals surface area contributed by atoms with Crippen LogP contribution in [0.4, 0.5) is 5.82 Å². The third-order valence-electron chi connectivity index (χ3n) is 3.57. The zero-order valence-electron chi connectivity index (χ0n) is 12.6. The van der Waals surface area contributed by atoms with Crippen molar-refractivity contribution in [3.05, 3.63) is 24.2 Å². The van der Waals surface area contributed by atoms with Crippen molar-refractivity contribution in [2.24, 2.45) is 11.7 Å². The van der Waals surface area contributed by atoms with E-state index in [9.17, 15) is 0 Å². The van der Waals surface area contributed by atoms with Gasteiger partial charge in [0, 0.05) is 18.9 Å². The van der Waals surface area contributed by atoms with Crippen molar-refractivity contribution in [3.63, 3.8) is 0 Å². The van der Waals surface area contributed by atoms with E-state index in [0.29, 0.717) is 11.8 Å². The summed E-state index contributed by atoms with van der Waals surface area (Å²) in [4.78, 5) is 4.42. The van der Waals surface area contributed by atoms with Gasteiger partial charge in [-0.15, -0.1) is 0 Å². The summed E-state index contributed by atoms with van der Waals surface area (Å²) < 4.78 is 1.90. The van der Waals surface area contributed by atoms with Crippen molar-refractivity contribution in [2.75, 3.05) is 18.4 Å². The summed E-state index contributed by atoms with van der Waals surface area (Å²) in [6.45, 7) is 8.16. The van der Waals surface area contributed by atoms with E-state index in [-0.39, 0.29) is 0 Å². The molecule has 0 radical (unpaired) electrons. The van der Waals surface area contributed by atoms with Crippen LogP contribution in [-0.2, 0) is 0 Å².